The highest BCUT2D eigenvalue weighted by Gasteiger charge is 2.84. The predicted octanol–water partition coefficient (Wildman–Crippen LogP) is 6.44. The lowest BCUT2D eigenvalue weighted by Gasteiger charge is -2.63. The van der Waals surface area contributed by atoms with Gasteiger partial charge in [-0.05, 0) is 104 Å². The molecule has 0 radical (unpaired) electrons. The van der Waals surface area contributed by atoms with E-state index in [9.17, 15) is 14.7 Å². The Morgan fingerprint density at radius 2 is 1.56 bits per heavy atom. The third-order valence-corrected chi connectivity index (χ3v) is 17.6. The molecule has 3 heterocycles. The number of amides is 2. The number of methoxy groups -OCH3 is 1. The van der Waals surface area contributed by atoms with E-state index in [1.165, 1.54) is 12.8 Å². The van der Waals surface area contributed by atoms with Gasteiger partial charge in [0.2, 0.25) is 0 Å². The van der Waals surface area contributed by atoms with Crippen LogP contribution >= 0.6 is 0 Å². The molecule has 0 aromatic heterocycles. The summed E-state index contributed by atoms with van der Waals surface area (Å²) in [5, 5.41) is 12.7. The number of carbonyl (C=O) groups is 2. The van der Waals surface area contributed by atoms with E-state index in [2.05, 4.69) is 53.4 Å². The number of carbonyl (C=O) groups excluding carboxylic acids is 2. The van der Waals surface area contributed by atoms with Crippen molar-refractivity contribution < 1.29 is 33.6 Å². The molecule has 2 spiro atoms. The van der Waals surface area contributed by atoms with Crippen molar-refractivity contribution >= 4 is 12.2 Å². The number of fused-ring (bicyclic) bond motifs is 4. The van der Waals surface area contributed by atoms with Crippen LogP contribution in [-0.4, -0.2) is 122 Å². The fraction of sp³-hybridized carbons (Fsp3) is 0.952. The summed E-state index contributed by atoms with van der Waals surface area (Å²) >= 11 is 0. The molecule has 0 aromatic rings. The highest BCUT2D eigenvalue weighted by Crippen LogP contribution is 2.89. The molecule has 10 nitrogen and oxygen atoms in total. The van der Waals surface area contributed by atoms with Gasteiger partial charge in [-0.15, -0.1) is 0 Å². The molecule has 2 amide bonds. The second kappa shape index (κ2) is 13.0. The van der Waals surface area contributed by atoms with E-state index in [1.807, 2.05) is 4.90 Å². The Balaban J connectivity index is 0.977. The molecule has 8 rings (SSSR count). The van der Waals surface area contributed by atoms with Gasteiger partial charge in [0, 0.05) is 63.8 Å². The summed E-state index contributed by atoms with van der Waals surface area (Å²) in [6.07, 6.45) is 8.01. The van der Waals surface area contributed by atoms with Gasteiger partial charge in [-0.3, -0.25) is 4.90 Å². The molecule has 5 saturated carbocycles. The summed E-state index contributed by atoms with van der Waals surface area (Å²) in [6, 6.07) is 0. The van der Waals surface area contributed by atoms with Crippen LogP contribution in [0.25, 0.3) is 0 Å². The maximum absolute atomic E-state index is 13.5. The molecule has 10 heteroatoms. The molecular weight excluding hydrogens is 658 g/mol. The molecule has 1 N–H and O–H groups in total. The number of rotatable bonds is 7. The lowest BCUT2D eigenvalue weighted by molar-refractivity contribution is -0.185. The van der Waals surface area contributed by atoms with Gasteiger partial charge in [0.15, 0.2) is 0 Å². The molecular formula is C42H69N3O7. The summed E-state index contributed by atoms with van der Waals surface area (Å²) in [6.45, 7) is 22.6. The van der Waals surface area contributed by atoms with Gasteiger partial charge < -0.3 is 33.9 Å². The van der Waals surface area contributed by atoms with E-state index in [4.69, 9.17) is 18.9 Å². The number of piperazine rings is 1. The fourth-order valence-electron chi connectivity index (χ4n) is 14.6. The van der Waals surface area contributed by atoms with Gasteiger partial charge in [0.25, 0.3) is 0 Å². The summed E-state index contributed by atoms with van der Waals surface area (Å²) in [5.74, 6) is 1.73. The minimum atomic E-state index is -0.553. The van der Waals surface area contributed by atoms with Crippen molar-refractivity contribution in [3.05, 3.63) is 0 Å². The van der Waals surface area contributed by atoms with E-state index in [1.54, 1.807) is 12.0 Å². The number of aliphatic hydroxyl groups excluding tert-OH is 1. The zero-order chi connectivity index (χ0) is 37.0. The Bertz CT molecular complexity index is 1380. The van der Waals surface area contributed by atoms with Gasteiger partial charge in [0.05, 0.1) is 24.9 Å². The molecule has 3 saturated heterocycles. The molecule has 3 unspecified atom stereocenters. The lowest BCUT2D eigenvalue weighted by Crippen LogP contribution is -2.60. The van der Waals surface area contributed by atoms with Crippen LogP contribution in [0, 0.1) is 56.7 Å². The fourth-order valence-corrected chi connectivity index (χ4v) is 14.6. The minimum absolute atomic E-state index is 0.0223. The van der Waals surface area contributed by atoms with Crippen LogP contribution < -0.4 is 0 Å². The van der Waals surface area contributed by atoms with Crippen LogP contribution in [-0.2, 0) is 18.9 Å². The van der Waals surface area contributed by atoms with Crippen molar-refractivity contribution in [2.24, 2.45) is 56.7 Å². The van der Waals surface area contributed by atoms with Crippen LogP contribution in [0.3, 0.4) is 0 Å². The largest absolute Gasteiger partial charge is 0.446 e. The average Bonchev–Trinajstić information content (AvgIpc) is 3.71. The summed E-state index contributed by atoms with van der Waals surface area (Å²) in [7, 11) is 1.74. The van der Waals surface area contributed by atoms with Crippen LogP contribution in [0.2, 0.25) is 0 Å². The Morgan fingerprint density at radius 1 is 0.885 bits per heavy atom. The van der Waals surface area contributed by atoms with Gasteiger partial charge in [-0.2, -0.15) is 0 Å². The second-order valence-electron chi connectivity index (χ2n) is 20.2. The normalized spacial score (nSPS) is 46.9. The third-order valence-electron chi connectivity index (χ3n) is 17.6. The molecule has 13 atom stereocenters. The smallest absolute Gasteiger partial charge is 0.410 e. The number of hydrogen-bond acceptors (Lipinski definition) is 8. The van der Waals surface area contributed by atoms with Crippen LogP contribution in [0.5, 0.6) is 0 Å². The van der Waals surface area contributed by atoms with Gasteiger partial charge in [-0.1, -0.05) is 48.5 Å². The Labute approximate surface area is 313 Å². The topological polar surface area (TPSA) is 101 Å². The first-order chi connectivity index (χ1) is 24.6. The number of likely N-dealkylation sites (tertiary alicyclic amines) is 1. The standard InChI is InChI=1S/C42H69N3O7/c1-26(2)33(52-37(48)44-16-9-17-44)28-24-27(3)32-34(50-28)35(46)40(7)30-11-10-29-38(4,5)31(12-13-41(29)25-42(30,41)15-14-39(32,40)6)51-36(47)45-20-18-43(19-21-45)22-23-49-8/h26-35,46H,9-25H2,1-8H3/t27-,28?,29+,30?,31+,32+,33-,34?,35+,39-,40-,41-,42+/m1/s1. The number of ether oxygens (including phenoxy) is 4. The zero-order valence-corrected chi connectivity index (χ0v) is 33.5. The van der Waals surface area contributed by atoms with E-state index in [0.29, 0.717) is 37.5 Å². The van der Waals surface area contributed by atoms with Crippen LogP contribution in [0.15, 0.2) is 0 Å². The molecule has 8 fully saturated rings. The lowest BCUT2D eigenvalue weighted by atomic mass is 9.41. The minimum Gasteiger partial charge on any atom is -0.446 e. The Morgan fingerprint density at radius 3 is 2.21 bits per heavy atom. The number of hydrogen-bond donors (Lipinski definition) is 1. The summed E-state index contributed by atoms with van der Waals surface area (Å²) in [5.41, 5.74) is 0.121. The monoisotopic (exact) mass is 728 g/mol. The first-order valence-corrected chi connectivity index (χ1v) is 21.1. The molecule has 0 aromatic carbocycles. The van der Waals surface area contributed by atoms with Crippen molar-refractivity contribution in [1.82, 2.24) is 14.7 Å². The van der Waals surface area contributed by atoms with Crippen molar-refractivity contribution in [3.8, 4) is 0 Å². The Kier molecular flexibility index (Phi) is 9.31. The van der Waals surface area contributed by atoms with E-state index in [-0.39, 0.29) is 75.5 Å². The van der Waals surface area contributed by atoms with E-state index in [0.717, 1.165) is 77.7 Å². The average molecular weight is 728 g/mol. The number of aliphatic hydroxyl groups is 1. The maximum Gasteiger partial charge on any atom is 0.410 e. The molecule has 294 valence electrons. The summed E-state index contributed by atoms with van der Waals surface area (Å²) < 4.78 is 24.9. The third kappa shape index (κ3) is 5.21. The second-order valence-corrected chi connectivity index (χ2v) is 20.2. The molecule has 8 aliphatic rings. The first kappa shape index (κ1) is 37.3. The van der Waals surface area contributed by atoms with Crippen molar-refractivity contribution in [1.29, 1.82) is 0 Å². The van der Waals surface area contributed by atoms with Crippen LogP contribution in [0.1, 0.15) is 106 Å². The zero-order valence-electron chi connectivity index (χ0n) is 33.5. The molecule has 52 heavy (non-hydrogen) atoms. The van der Waals surface area contributed by atoms with Crippen molar-refractivity contribution in [2.45, 2.75) is 137 Å². The Hall–Kier alpha value is -1.62. The van der Waals surface area contributed by atoms with E-state index < -0.39 is 6.10 Å². The highest BCUT2D eigenvalue weighted by atomic mass is 16.6. The SMILES string of the molecule is COCCN1CCN(C(=O)O[C@H]2CC[C@]34C[C@]35CC[C@]3(C)[C@@H]6C(OC([C@H](OC(=O)N7CCC7)C(C)C)C[C@H]6C)[C@H](O)[C@@]3(C)C5CC[C@H]4C2(C)C)CC1. The first-order valence-electron chi connectivity index (χ1n) is 21.1. The van der Waals surface area contributed by atoms with Gasteiger partial charge >= 0.3 is 12.2 Å². The maximum atomic E-state index is 13.5. The predicted molar refractivity (Wildman–Crippen MR) is 198 cm³/mol. The van der Waals surface area contributed by atoms with Crippen LogP contribution in [0.4, 0.5) is 9.59 Å². The van der Waals surface area contributed by atoms with Gasteiger partial charge in [-0.25, -0.2) is 9.59 Å². The van der Waals surface area contributed by atoms with E-state index >= 15 is 0 Å². The molecule has 5 aliphatic carbocycles. The number of nitrogens with zero attached hydrogens (tertiary/aromatic N) is 3. The highest BCUT2D eigenvalue weighted by molar-refractivity contribution is 5.69. The molecule has 3 aliphatic heterocycles. The summed E-state index contributed by atoms with van der Waals surface area (Å²) in [4.78, 5) is 32.6. The molecule has 0 bridgehead atoms. The van der Waals surface area contributed by atoms with Gasteiger partial charge in [0.1, 0.15) is 12.2 Å². The van der Waals surface area contributed by atoms with Crippen molar-refractivity contribution in [2.75, 3.05) is 59.5 Å². The quantitative estimate of drug-likeness (QED) is 0.320. The van der Waals surface area contributed by atoms with Crippen molar-refractivity contribution in [3.63, 3.8) is 0 Å².